The van der Waals surface area contributed by atoms with Crippen LogP contribution in [0.5, 0.6) is 0 Å². The fraction of sp³-hybridized carbons (Fsp3) is 0.385. The summed E-state index contributed by atoms with van der Waals surface area (Å²) in [5.41, 5.74) is 2.12. The molecule has 0 amide bonds. The maximum atomic E-state index is 5.30. The molecule has 0 bridgehead atoms. The molecule has 0 heteroatoms. The van der Waals surface area contributed by atoms with E-state index in [0.29, 0.717) is 5.57 Å². The molecule has 0 spiro atoms. The molecule has 1 aliphatic rings. The average molecular weight is 170 g/mol. The molecule has 0 saturated heterocycles. The second-order valence-electron chi connectivity index (χ2n) is 4.01. The molecular weight excluding hydrogens is 156 g/mol. The van der Waals surface area contributed by atoms with Crippen LogP contribution in [-0.2, 0) is 0 Å². The van der Waals surface area contributed by atoms with Gasteiger partial charge in [-0.1, -0.05) is 37.8 Å². The summed E-state index contributed by atoms with van der Waals surface area (Å²) in [5, 5.41) is 0. The van der Waals surface area contributed by atoms with Gasteiger partial charge in [-0.25, -0.2) is 0 Å². The lowest BCUT2D eigenvalue weighted by atomic mass is 9.80. The van der Waals surface area contributed by atoms with E-state index >= 15 is 0 Å². The minimum atomic E-state index is 0.289. The zero-order valence-corrected chi connectivity index (χ0v) is 8.22. The molecule has 0 aromatic heterocycles. The highest BCUT2D eigenvalue weighted by Crippen LogP contribution is 2.32. The molecular formula is C13H14. The molecule has 0 saturated carbocycles. The van der Waals surface area contributed by atoms with E-state index < -0.39 is 0 Å². The number of hydrogen-bond acceptors (Lipinski definition) is 0. The van der Waals surface area contributed by atoms with Crippen molar-refractivity contribution in [2.75, 3.05) is 0 Å². The second-order valence-corrected chi connectivity index (χ2v) is 4.01. The summed E-state index contributed by atoms with van der Waals surface area (Å²) in [6.07, 6.45) is 17.0. The Hall–Kier alpha value is -1.40. The van der Waals surface area contributed by atoms with Crippen LogP contribution in [0.15, 0.2) is 23.3 Å². The summed E-state index contributed by atoms with van der Waals surface area (Å²) in [7, 11) is 0. The summed E-state index contributed by atoms with van der Waals surface area (Å²) >= 11 is 0. The molecule has 0 nitrogen and oxygen atoms in total. The highest BCUT2D eigenvalue weighted by Gasteiger charge is 2.18. The van der Waals surface area contributed by atoms with Crippen LogP contribution in [0.2, 0.25) is 0 Å². The monoisotopic (exact) mass is 170 g/mol. The molecule has 0 aromatic rings. The lowest BCUT2D eigenvalue weighted by Gasteiger charge is -2.25. The predicted octanol–water partition coefficient (Wildman–Crippen LogP) is 2.93. The molecule has 1 rings (SSSR count). The van der Waals surface area contributed by atoms with E-state index in [1.807, 2.05) is 0 Å². The van der Waals surface area contributed by atoms with Gasteiger partial charge in [-0.15, -0.1) is 12.8 Å². The van der Waals surface area contributed by atoms with Crippen LogP contribution in [0.4, 0.5) is 0 Å². The van der Waals surface area contributed by atoms with E-state index in [0.717, 1.165) is 18.4 Å². The van der Waals surface area contributed by atoms with Gasteiger partial charge in [-0.2, -0.15) is 0 Å². The first-order valence-corrected chi connectivity index (χ1v) is 4.45. The third-order valence-corrected chi connectivity index (χ3v) is 2.38. The van der Waals surface area contributed by atoms with E-state index in [4.69, 9.17) is 12.8 Å². The maximum absolute atomic E-state index is 5.30. The van der Waals surface area contributed by atoms with Crippen molar-refractivity contribution >= 4 is 0 Å². The van der Waals surface area contributed by atoms with Crippen molar-refractivity contribution in [2.24, 2.45) is 5.41 Å². The molecule has 0 heterocycles. The van der Waals surface area contributed by atoms with E-state index in [-0.39, 0.29) is 5.41 Å². The van der Waals surface area contributed by atoms with E-state index in [2.05, 4.69) is 37.8 Å². The minimum absolute atomic E-state index is 0.289. The average Bonchev–Trinajstić information content (AvgIpc) is 2.09. The van der Waals surface area contributed by atoms with Crippen molar-refractivity contribution in [2.45, 2.75) is 26.7 Å². The molecule has 1 aliphatic carbocycles. The summed E-state index contributed by atoms with van der Waals surface area (Å²) in [6.45, 7) is 4.43. The molecule has 0 aromatic carbocycles. The Morgan fingerprint density at radius 3 is 2.38 bits per heavy atom. The van der Waals surface area contributed by atoms with Crippen molar-refractivity contribution in [3.05, 3.63) is 23.3 Å². The lowest BCUT2D eigenvalue weighted by Crippen LogP contribution is -2.11. The quantitative estimate of drug-likeness (QED) is 0.490. The van der Waals surface area contributed by atoms with Gasteiger partial charge in [0.15, 0.2) is 0 Å². The van der Waals surface area contributed by atoms with Gasteiger partial charge in [0, 0.05) is 0 Å². The lowest BCUT2D eigenvalue weighted by molar-refractivity contribution is 0.427. The van der Waals surface area contributed by atoms with Crippen LogP contribution in [0.1, 0.15) is 26.7 Å². The zero-order chi connectivity index (χ0) is 9.90. The Morgan fingerprint density at radius 1 is 1.38 bits per heavy atom. The Kier molecular flexibility index (Phi) is 2.64. The van der Waals surface area contributed by atoms with Gasteiger partial charge < -0.3 is 0 Å². The summed E-state index contributed by atoms with van der Waals surface area (Å²) in [6, 6.07) is 0. The van der Waals surface area contributed by atoms with Crippen LogP contribution in [0, 0.1) is 30.1 Å². The number of terminal acetylenes is 2. The third-order valence-electron chi connectivity index (χ3n) is 2.38. The highest BCUT2D eigenvalue weighted by molar-refractivity contribution is 5.49. The SMILES string of the molecule is C#CC(C#C)=C1C=CC(C)(C)CC1. The Balaban J connectivity index is 2.99. The van der Waals surface area contributed by atoms with E-state index in [1.165, 1.54) is 0 Å². The predicted molar refractivity (Wildman–Crippen MR) is 56.8 cm³/mol. The molecule has 66 valence electrons. The van der Waals surface area contributed by atoms with Gasteiger partial charge in [0.2, 0.25) is 0 Å². The number of hydrogen-bond donors (Lipinski definition) is 0. The van der Waals surface area contributed by atoms with Gasteiger partial charge in [0.05, 0.1) is 5.57 Å². The summed E-state index contributed by atoms with van der Waals surface area (Å²) in [5.74, 6) is 5.08. The van der Waals surface area contributed by atoms with Crippen molar-refractivity contribution in [3.63, 3.8) is 0 Å². The van der Waals surface area contributed by atoms with E-state index in [1.54, 1.807) is 0 Å². The van der Waals surface area contributed by atoms with Crippen molar-refractivity contribution in [3.8, 4) is 24.7 Å². The molecule has 0 N–H and O–H groups in total. The Bertz CT molecular complexity index is 321. The molecule has 0 aliphatic heterocycles. The number of allylic oxidation sites excluding steroid dienone is 4. The minimum Gasteiger partial charge on any atom is -0.114 e. The van der Waals surface area contributed by atoms with Crippen LogP contribution >= 0.6 is 0 Å². The normalized spacial score (nSPS) is 18.9. The second kappa shape index (κ2) is 3.55. The summed E-state index contributed by atoms with van der Waals surface area (Å²) in [4.78, 5) is 0. The van der Waals surface area contributed by atoms with Gasteiger partial charge in [0.25, 0.3) is 0 Å². The van der Waals surface area contributed by atoms with Crippen molar-refractivity contribution in [1.29, 1.82) is 0 Å². The fourth-order valence-corrected chi connectivity index (χ4v) is 1.39. The van der Waals surface area contributed by atoms with E-state index in [9.17, 15) is 0 Å². The highest BCUT2D eigenvalue weighted by atomic mass is 14.2. The first kappa shape index (κ1) is 9.69. The van der Waals surface area contributed by atoms with Gasteiger partial charge in [-0.3, -0.25) is 0 Å². The van der Waals surface area contributed by atoms with Crippen LogP contribution < -0.4 is 0 Å². The summed E-state index contributed by atoms with van der Waals surface area (Å²) < 4.78 is 0. The molecule has 0 fully saturated rings. The van der Waals surface area contributed by atoms with Gasteiger partial charge >= 0.3 is 0 Å². The third kappa shape index (κ3) is 2.27. The van der Waals surface area contributed by atoms with Gasteiger partial charge in [0.1, 0.15) is 0 Å². The van der Waals surface area contributed by atoms with Crippen molar-refractivity contribution in [1.82, 2.24) is 0 Å². The van der Waals surface area contributed by atoms with Gasteiger partial charge in [-0.05, 0) is 23.8 Å². The first-order chi connectivity index (χ1) is 6.09. The molecule has 0 atom stereocenters. The Morgan fingerprint density at radius 2 is 2.00 bits per heavy atom. The fourth-order valence-electron chi connectivity index (χ4n) is 1.39. The molecule has 13 heavy (non-hydrogen) atoms. The van der Waals surface area contributed by atoms with Crippen LogP contribution in [0.25, 0.3) is 0 Å². The number of rotatable bonds is 0. The molecule has 0 radical (unpaired) electrons. The molecule has 0 unspecified atom stereocenters. The topological polar surface area (TPSA) is 0 Å². The standard InChI is InChI=1S/C13H14/c1-5-11(6-2)12-7-9-13(3,4)10-8-12/h1-2,7,9H,8,10H2,3-4H3. The van der Waals surface area contributed by atoms with Crippen molar-refractivity contribution < 1.29 is 0 Å². The Labute approximate surface area is 80.7 Å². The smallest absolute Gasteiger partial charge is 0.0770 e. The first-order valence-electron chi connectivity index (χ1n) is 4.45. The van der Waals surface area contributed by atoms with Crippen LogP contribution in [0.3, 0.4) is 0 Å². The van der Waals surface area contributed by atoms with Crippen LogP contribution in [-0.4, -0.2) is 0 Å². The largest absolute Gasteiger partial charge is 0.114 e. The zero-order valence-electron chi connectivity index (χ0n) is 8.22. The maximum Gasteiger partial charge on any atom is 0.0770 e.